The summed E-state index contributed by atoms with van der Waals surface area (Å²) in [6, 6.07) is 12.1. The second-order valence-electron chi connectivity index (χ2n) is 6.86. The van der Waals surface area contributed by atoms with Crippen molar-refractivity contribution in [2.24, 2.45) is 0 Å². The number of rotatable bonds is 8. The number of carbonyl (C=O) groups excluding carboxylic acids is 2. The molecule has 9 heteroatoms. The van der Waals surface area contributed by atoms with Gasteiger partial charge in [0.05, 0.1) is 0 Å². The van der Waals surface area contributed by atoms with E-state index < -0.39 is 0 Å². The Kier molecular flexibility index (Phi) is 12.8. The van der Waals surface area contributed by atoms with Gasteiger partial charge in [-0.15, -0.1) is 0 Å². The van der Waals surface area contributed by atoms with Crippen molar-refractivity contribution >= 4 is 64.1 Å². The fourth-order valence-electron chi connectivity index (χ4n) is 2.40. The van der Waals surface area contributed by atoms with E-state index in [9.17, 15) is 9.59 Å². The molecule has 2 aromatic rings. The van der Waals surface area contributed by atoms with Crippen molar-refractivity contribution < 1.29 is 9.59 Å². The molecule has 31 heavy (non-hydrogen) atoms. The van der Waals surface area contributed by atoms with Gasteiger partial charge < -0.3 is 20.3 Å². The van der Waals surface area contributed by atoms with E-state index in [0.717, 1.165) is 37.0 Å². The number of nitrogens with one attached hydrogen (secondary N) is 3. The topological polar surface area (TPSA) is 73.5 Å². The van der Waals surface area contributed by atoms with Gasteiger partial charge in [-0.1, -0.05) is 23.2 Å². The lowest BCUT2D eigenvalue weighted by atomic mass is 10.2. The third-order valence-electron chi connectivity index (χ3n) is 3.96. The first kappa shape index (κ1) is 26.8. The first-order valence-electron chi connectivity index (χ1n) is 9.69. The quantitative estimate of drug-likeness (QED) is 0.276. The molecule has 6 nitrogen and oxygen atoms in total. The molecule has 0 bridgehead atoms. The maximum atomic E-state index is 12.1. The molecular formula is C22H28Cl2N4O2S. The fourth-order valence-corrected chi connectivity index (χ4v) is 3.14. The number of halogens is 2. The van der Waals surface area contributed by atoms with Gasteiger partial charge in [0.1, 0.15) is 6.29 Å². The summed E-state index contributed by atoms with van der Waals surface area (Å²) in [6.45, 7) is 1.09. The van der Waals surface area contributed by atoms with Gasteiger partial charge in [-0.3, -0.25) is 10.1 Å². The summed E-state index contributed by atoms with van der Waals surface area (Å²) in [4.78, 5) is 24.0. The first-order valence-corrected chi connectivity index (χ1v) is 10.9. The zero-order chi connectivity index (χ0) is 23.2. The van der Waals surface area contributed by atoms with Gasteiger partial charge in [0, 0.05) is 40.5 Å². The van der Waals surface area contributed by atoms with Crippen molar-refractivity contribution in [3.05, 3.63) is 58.1 Å². The van der Waals surface area contributed by atoms with E-state index in [1.807, 2.05) is 45.4 Å². The van der Waals surface area contributed by atoms with Crippen LogP contribution in [0.4, 0.5) is 11.4 Å². The molecule has 0 heterocycles. The summed E-state index contributed by atoms with van der Waals surface area (Å²) in [5.41, 5.74) is 2.09. The van der Waals surface area contributed by atoms with Crippen molar-refractivity contribution in [2.45, 2.75) is 19.3 Å². The summed E-state index contributed by atoms with van der Waals surface area (Å²) in [5.74, 6) is -0.381. The van der Waals surface area contributed by atoms with Crippen molar-refractivity contribution in [3.63, 3.8) is 0 Å². The lowest BCUT2D eigenvalue weighted by molar-refractivity contribution is -0.107. The Morgan fingerprint density at radius 3 is 2.13 bits per heavy atom. The van der Waals surface area contributed by atoms with Crippen LogP contribution in [0.5, 0.6) is 0 Å². The standard InChI is InChI=1S/C15H13Cl2N3OS.C7H15NO/c1-18-12-2-4-13(5-3-12)19-15(22)20-14(21)9-6-10(16)8-11(17)7-9;1-8(2)6-4-3-5-7-9/h2-8,18H,1H3,(H2,19,20,21,22);7H,3-6H2,1-2H3. The fraction of sp³-hybridized carbons (Fsp3) is 0.318. The normalized spacial score (nSPS) is 10.0. The molecule has 0 atom stereocenters. The predicted octanol–water partition coefficient (Wildman–Crippen LogP) is 5.08. The van der Waals surface area contributed by atoms with Gasteiger partial charge >= 0.3 is 0 Å². The minimum absolute atomic E-state index is 0.193. The molecular weight excluding hydrogens is 455 g/mol. The number of amides is 1. The van der Waals surface area contributed by atoms with Crippen LogP contribution in [0.3, 0.4) is 0 Å². The molecule has 0 aliphatic rings. The molecule has 2 rings (SSSR count). The molecule has 0 fully saturated rings. The second-order valence-corrected chi connectivity index (χ2v) is 8.14. The summed E-state index contributed by atoms with van der Waals surface area (Å²) < 4.78 is 0. The average Bonchev–Trinajstić information content (AvgIpc) is 2.71. The first-order chi connectivity index (χ1) is 14.7. The van der Waals surface area contributed by atoms with Crippen LogP contribution in [0.2, 0.25) is 10.0 Å². The van der Waals surface area contributed by atoms with E-state index in [0.29, 0.717) is 22.0 Å². The van der Waals surface area contributed by atoms with Crippen LogP contribution in [0.15, 0.2) is 42.5 Å². The Labute approximate surface area is 199 Å². The van der Waals surface area contributed by atoms with Crippen LogP contribution in [-0.4, -0.2) is 49.9 Å². The molecule has 0 spiro atoms. The molecule has 2 aromatic carbocycles. The molecule has 3 N–H and O–H groups in total. The number of unbranched alkanes of at least 4 members (excludes halogenated alkanes) is 2. The molecule has 0 radical (unpaired) electrons. The van der Waals surface area contributed by atoms with E-state index in [-0.39, 0.29) is 11.0 Å². The lowest BCUT2D eigenvalue weighted by Crippen LogP contribution is -2.34. The Morgan fingerprint density at radius 2 is 1.61 bits per heavy atom. The average molecular weight is 483 g/mol. The van der Waals surface area contributed by atoms with Crippen LogP contribution in [-0.2, 0) is 4.79 Å². The van der Waals surface area contributed by atoms with Gasteiger partial charge in [-0.05, 0) is 88.2 Å². The third-order valence-corrected chi connectivity index (χ3v) is 4.60. The lowest BCUT2D eigenvalue weighted by Gasteiger charge is -2.10. The molecule has 0 aliphatic carbocycles. The number of hydrogen-bond acceptors (Lipinski definition) is 5. The third kappa shape index (κ3) is 11.7. The van der Waals surface area contributed by atoms with Crippen LogP contribution in [0, 0.1) is 0 Å². The smallest absolute Gasteiger partial charge is 0.257 e. The summed E-state index contributed by atoms with van der Waals surface area (Å²) in [5, 5.41) is 9.49. The number of anilines is 2. The van der Waals surface area contributed by atoms with Crippen molar-refractivity contribution in [2.75, 3.05) is 38.3 Å². The van der Waals surface area contributed by atoms with Crippen LogP contribution < -0.4 is 16.0 Å². The van der Waals surface area contributed by atoms with Crippen molar-refractivity contribution in [1.82, 2.24) is 10.2 Å². The molecule has 0 saturated carbocycles. The minimum atomic E-state index is -0.381. The van der Waals surface area contributed by atoms with Crippen molar-refractivity contribution in [1.29, 1.82) is 0 Å². The highest BCUT2D eigenvalue weighted by Crippen LogP contribution is 2.19. The Balaban J connectivity index is 0.000000452. The zero-order valence-electron chi connectivity index (χ0n) is 17.9. The van der Waals surface area contributed by atoms with E-state index in [4.69, 9.17) is 35.4 Å². The predicted molar refractivity (Wildman–Crippen MR) is 135 cm³/mol. The number of hydrogen-bond donors (Lipinski definition) is 3. The SMILES string of the molecule is CN(C)CCCCC=O.CNc1ccc(NC(=S)NC(=O)c2cc(Cl)cc(Cl)c2)cc1. The molecule has 168 valence electrons. The Hall–Kier alpha value is -2.19. The van der Waals surface area contributed by atoms with Gasteiger partial charge in [-0.25, -0.2) is 0 Å². The van der Waals surface area contributed by atoms with Gasteiger partial charge in [0.25, 0.3) is 5.91 Å². The highest BCUT2D eigenvalue weighted by molar-refractivity contribution is 7.80. The largest absolute Gasteiger partial charge is 0.388 e. The summed E-state index contributed by atoms with van der Waals surface area (Å²) in [7, 11) is 5.92. The second kappa shape index (κ2) is 14.8. The molecule has 0 saturated heterocycles. The number of nitrogens with zero attached hydrogens (tertiary/aromatic N) is 1. The van der Waals surface area contributed by atoms with Crippen molar-refractivity contribution in [3.8, 4) is 0 Å². The number of thiocarbonyl (C=S) groups is 1. The summed E-state index contributed by atoms with van der Waals surface area (Å²) in [6.07, 6.45) is 3.86. The van der Waals surface area contributed by atoms with Crippen LogP contribution >= 0.6 is 35.4 Å². The monoisotopic (exact) mass is 482 g/mol. The zero-order valence-corrected chi connectivity index (χ0v) is 20.2. The minimum Gasteiger partial charge on any atom is -0.388 e. The molecule has 1 amide bonds. The van der Waals surface area contributed by atoms with Crippen LogP contribution in [0.1, 0.15) is 29.6 Å². The number of benzene rings is 2. The Bertz CT molecular complexity index is 841. The van der Waals surface area contributed by atoms with Gasteiger partial charge in [0.15, 0.2) is 5.11 Å². The highest BCUT2D eigenvalue weighted by atomic mass is 35.5. The maximum absolute atomic E-state index is 12.1. The van der Waals surface area contributed by atoms with E-state index >= 15 is 0 Å². The Morgan fingerprint density at radius 1 is 1.03 bits per heavy atom. The van der Waals surface area contributed by atoms with E-state index in [2.05, 4.69) is 20.9 Å². The molecule has 0 unspecified atom stereocenters. The number of aldehydes is 1. The van der Waals surface area contributed by atoms with Crippen LogP contribution in [0.25, 0.3) is 0 Å². The highest BCUT2D eigenvalue weighted by Gasteiger charge is 2.10. The van der Waals surface area contributed by atoms with Gasteiger partial charge in [0.2, 0.25) is 0 Å². The summed E-state index contributed by atoms with van der Waals surface area (Å²) >= 11 is 16.9. The molecule has 0 aliphatic heterocycles. The van der Waals surface area contributed by atoms with E-state index in [1.54, 1.807) is 6.07 Å². The molecule has 0 aromatic heterocycles. The van der Waals surface area contributed by atoms with Gasteiger partial charge in [-0.2, -0.15) is 0 Å². The van der Waals surface area contributed by atoms with E-state index in [1.165, 1.54) is 12.1 Å². The maximum Gasteiger partial charge on any atom is 0.257 e. The number of carbonyl (C=O) groups is 2.